The predicted octanol–water partition coefficient (Wildman–Crippen LogP) is 1.32. The second kappa shape index (κ2) is 4.12. The topological polar surface area (TPSA) is 78.9 Å². The summed E-state index contributed by atoms with van der Waals surface area (Å²) in [5.41, 5.74) is 7.06. The van der Waals surface area contributed by atoms with E-state index in [9.17, 15) is 0 Å². The molecule has 1 saturated heterocycles. The highest BCUT2D eigenvalue weighted by atomic mass is 35.5. The molecule has 0 spiro atoms. The van der Waals surface area contributed by atoms with Crippen molar-refractivity contribution in [3.8, 4) is 0 Å². The van der Waals surface area contributed by atoms with Gasteiger partial charge in [-0.05, 0) is 12.8 Å². The van der Waals surface area contributed by atoms with Crippen LogP contribution >= 0.6 is 11.6 Å². The van der Waals surface area contributed by atoms with Crippen molar-refractivity contribution in [2.45, 2.75) is 25.2 Å². The molecule has 0 radical (unpaired) electrons. The fourth-order valence-electron chi connectivity index (χ4n) is 2.09. The van der Waals surface area contributed by atoms with E-state index in [4.69, 9.17) is 22.1 Å². The van der Waals surface area contributed by atoms with Gasteiger partial charge in [0.15, 0.2) is 11.5 Å². The molecule has 17 heavy (non-hydrogen) atoms. The SMILES string of the molecule is Nc1ncnc2c1ncn2C1CCC(CCl)O1. The van der Waals surface area contributed by atoms with E-state index in [0.29, 0.717) is 22.9 Å². The Labute approximate surface area is 103 Å². The molecule has 2 aromatic rings. The Bertz CT molecular complexity index is 542. The van der Waals surface area contributed by atoms with Crippen molar-refractivity contribution in [3.05, 3.63) is 12.7 Å². The molecule has 3 heterocycles. The number of fused-ring (bicyclic) bond motifs is 1. The Morgan fingerprint density at radius 2 is 2.29 bits per heavy atom. The van der Waals surface area contributed by atoms with Crippen LogP contribution in [0.2, 0.25) is 0 Å². The van der Waals surface area contributed by atoms with Crippen LogP contribution in [0.5, 0.6) is 0 Å². The third-order valence-corrected chi connectivity index (χ3v) is 3.30. The third kappa shape index (κ3) is 1.73. The van der Waals surface area contributed by atoms with Crippen LogP contribution in [-0.2, 0) is 4.74 Å². The van der Waals surface area contributed by atoms with Crippen LogP contribution in [0, 0.1) is 0 Å². The largest absolute Gasteiger partial charge is 0.382 e. The minimum absolute atomic E-state index is 0.0574. The maximum absolute atomic E-state index is 5.79. The molecule has 0 bridgehead atoms. The minimum Gasteiger partial charge on any atom is -0.382 e. The van der Waals surface area contributed by atoms with E-state index in [2.05, 4.69) is 15.0 Å². The first-order chi connectivity index (χ1) is 8.29. The van der Waals surface area contributed by atoms with E-state index in [0.717, 1.165) is 12.8 Å². The Hall–Kier alpha value is -1.40. The fourth-order valence-corrected chi connectivity index (χ4v) is 2.31. The summed E-state index contributed by atoms with van der Waals surface area (Å²) < 4.78 is 7.68. The number of nitrogens with two attached hydrogens (primary N) is 1. The van der Waals surface area contributed by atoms with Crippen LogP contribution in [0.25, 0.3) is 11.2 Å². The normalized spacial score (nSPS) is 24.5. The Kier molecular flexibility index (Phi) is 2.60. The molecule has 0 aliphatic carbocycles. The molecule has 2 aromatic heterocycles. The number of alkyl halides is 1. The van der Waals surface area contributed by atoms with Gasteiger partial charge in [0.1, 0.15) is 18.1 Å². The predicted molar refractivity (Wildman–Crippen MR) is 63.6 cm³/mol. The number of nitrogen functional groups attached to an aromatic ring is 1. The molecular weight excluding hydrogens is 242 g/mol. The van der Waals surface area contributed by atoms with E-state index in [1.54, 1.807) is 6.33 Å². The number of hydrogen-bond donors (Lipinski definition) is 1. The molecule has 0 aromatic carbocycles. The number of imidazole rings is 1. The van der Waals surface area contributed by atoms with Crippen molar-refractivity contribution >= 4 is 28.6 Å². The molecule has 1 aliphatic heterocycles. The first kappa shape index (κ1) is 10.7. The molecule has 2 atom stereocenters. The first-order valence-corrected chi connectivity index (χ1v) is 5.97. The van der Waals surface area contributed by atoms with Crippen LogP contribution in [0.3, 0.4) is 0 Å². The van der Waals surface area contributed by atoms with Gasteiger partial charge in [0.2, 0.25) is 0 Å². The zero-order chi connectivity index (χ0) is 11.8. The average Bonchev–Trinajstić information content (AvgIpc) is 2.94. The highest BCUT2D eigenvalue weighted by molar-refractivity contribution is 6.18. The number of anilines is 1. The Morgan fingerprint density at radius 3 is 3.06 bits per heavy atom. The summed E-state index contributed by atoms with van der Waals surface area (Å²) >= 11 is 5.78. The van der Waals surface area contributed by atoms with Gasteiger partial charge in [-0.15, -0.1) is 11.6 Å². The van der Waals surface area contributed by atoms with Crippen molar-refractivity contribution in [1.82, 2.24) is 19.5 Å². The van der Waals surface area contributed by atoms with E-state index in [1.165, 1.54) is 6.33 Å². The molecule has 3 rings (SSSR count). The van der Waals surface area contributed by atoms with Crippen molar-refractivity contribution in [2.24, 2.45) is 0 Å². The zero-order valence-corrected chi connectivity index (χ0v) is 9.84. The molecular formula is C10H12ClN5O. The lowest BCUT2D eigenvalue weighted by Gasteiger charge is -2.13. The van der Waals surface area contributed by atoms with Crippen LogP contribution in [-0.4, -0.2) is 31.5 Å². The van der Waals surface area contributed by atoms with Gasteiger partial charge in [0, 0.05) is 5.88 Å². The smallest absolute Gasteiger partial charge is 0.167 e. The van der Waals surface area contributed by atoms with E-state index < -0.39 is 0 Å². The van der Waals surface area contributed by atoms with Gasteiger partial charge in [-0.1, -0.05) is 0 Å². The molecule has 90 valence electrons. The summed E-state index contributed by atoms with van der Waals surface area (Å²) in [6.07, 6.45) is 5.04. The summed E-state index contributed by atoms with van der Waals surface area (Å²) in [5, 5.41) is 0. The van der Waals surface area contributed by atoms with Crippen LogP contribution in [0.4, 0.5) is 5.82 Å². The lowest BCUT2D eigenvalue weighted by Crippen LogP contribution is -2.12. The van der Waals surface area contributed by atoms with Crippen molar-refractivity contribution in [3.63, 3.8) is 0 Å². The number of nitrogens with zero attached hydrogens (tertiary/aromatic N) is 4. The minimum atomic E-state index is -0.0574. The van der Waals surface area contributed by atoms with E-state index >= 15 is 0 Å². The number of halogens is 1. The third-order valence-electron chi connectivity index (χ3n) is 2.95. The van der Waals surface area contributed by atoms with Gasteiger partial charge in [-0.2, -0.15) is 0 Å². The molecule has 0 amide bonds. The number of hydrogen-bond acceptors (Lipinski definition) is 5. The summed E-state index contributed by atoms with van der Waals surface area (Å²) in [6.45, 7) is 0. The summed E-state index contributed by atoms with van der Waals surface area (Å²) in [6, 6.07) is 0. The van der Waals surface area contributed by atoms with Crippen molar-refractivity contribution in [2.75, 3.05) is 11.6 Å². The molecule has 1 fully saturated rings. The molecule has 7 heteroatoms. The Balaban J connectivity index is 1.99. The Morgan fingerprint density at radius 1 is 1.41 bits per heavy atom. The molecule has 2 N–H and O–H groups in total. The first-order valence-electron chi connectivity index (χ1n) is 5.44. The van der Waals surface area contributed by atoms with Gasteiger partial charge in [0.25, 0.3) is 0 Å². The van der Waals surface area contributed by atoms with Gasteiger partial charge >= 0.3 is 0 Å². The van der Waals surface area contributed by atoms with Crippen LogP contribution in [0.1, 0.15) is 19.1 Å². The van der Waals surface area contributed by atoms with E-state index in [-0.39, 0.29) is 12.3 Å². The van der Waals surface area contributed by atoms with Gasteiger partial charge in [0.05, 0.1) is 12.4 Å². The highest BCUT2D eigenvalue weighted by Crippen LogP contribution is 2.31. The number of ether oxygens (including phenoxy) is 1. The molecule has 0 saturated carbocycles. The number of aromatic nitrogens is 4. The van der Waals surface area contributed by atoms with Crippen molar-refractivity contribution in [1.29, 1.82) is 0 Å². The van der Waals surface area contributed by atoms with Gasteiger partial charge in [-0.25, -0.2) is 15.0 Å². The van der Waals surface area contributed by atoms with Crippen LogP contribution in [0.15, 0.2) is 12.7 Å². The fraction of sp³-hybridized carbons (Fsp3) is 0.500. The summed E-state index contributed by atoms with van der Waals surface area (Å²) in [4.78, 5) is 12.3. The maximum Gasteiger partial charge on any atom is 0.167 e. The van der Waals surface area contributed by atoms with Crippen LogP contribution < -0.4 is 5.73 Å². The van der Waals surface area contributed by atoms with Gasteiger partial charge < -0.3 is 10.5 Å². The lowest BCUT2D eigenvalue weighted by atomic mass is 10.2. The number of rotatable bonds is 2. The average molecular weight is 254 g/mol. The van der Waals surface area contributed by atoms with E-state index in [1.807, 2.05) is 4.57 Å². The maximum atomic E-state index is 5.79. The monoisotopic (exact) mass is 253 g/mol. The highest BCUT2D eigenvalue weighted by Gasteiger charge is 2.27. The molecule has 2 unspecified atom stereocenters. The lowest BCUT2D eigenvalue weighted by molar-refractivity contribution is 0.0147. The molecule has 6 nitrogen and oxygen atoms in total. The summed E-state index contributed by atoms with van der Waals surface area (Å²) in [5.74, 6) is 0.904. The summed E-state index contributed by atoms with van der Waals surface area (Å²) in [7, 11) is 0. The van der Waals surface area contributed by atoms with Gasteiger partial charge in [-0.3, -0.25) is 4.57 Å². The molecule has 1 aliphatic rings. The standard InChI is InChI=1S/C10H12ClN5O/c11-3-6-1-2-7(17-6)16-5-15-8-9(12)13-4-14-10(8)16/h4-7H,1-3H2,(H2,12,13,14). The van der Waals surface area contributed by atoms with Crippen molar-refractivity contribution < 1.29 is 4.74 Å². The quantitative estimate of drug-likeness (QED) is 0.817. The second-order valence-electron chi connectivity index (χ2n) is 4.03. The zero-order valence-electron chi connectivity index (χ0n) is 9.08. The second-order valence-corrected chi connectivity index (χ2v) is 4.34.